The molecule has 0 amide bonds. The van der Waals surface area contributed by atoms with Gasteiger partial charge in [-0.1, -0.05) is 0 Å². The van der Waals surface area contributed by atoms with Crippen molar-refractivity contribution in [2.75, 3.05) is 14.2 Å². The van der Waals surface area contributed by atoms with Crippen molar-refractivity contribution >= 4 is 10.9 Å². The number of fused-ring (bicyclic) bond motifs is 1. The average molecular weight is 283 g/mol. The average Bonchev–Trinajstić information content (AvgIpc) is 2.92. The van der Waals surface area contributed by atoms with Gasteiger partial charge in [-0.25, -0.2) is 4.98 Å². The van der Waals surface area contributed by atoms with E-state index in [1.54, 1.807) is 14.2 Å². The van der Waals surface area contributed by atoms with Crippen molar-refractivity contribution in [3.8, 4) is 22.9 Å². The van der Waals surface area contributed by atoms with Crippen LogP contribution in [0.15, 0.2) is 24.3 Å². The number of rotatable bonds is 3. The number of aryl methyl sites for hydroxylation is 2. The van der Waals surface area contributed by atoms with Crippen LogP contribution < -0.4 is 9.47 Å². The lowest BCUT2D eigenvalue weighted by Gasteiger charge is -2.11. The maximum absolute atomic E-state index is 5.35. The summed E-state index contributed by atoms with van der Waals surface area (Å²) >= 11 is 0. The van der Waals surface area contributed by atoms with E-state index < -0.39 is 0 Å². The zero-order chi connectivity index (χ0) is 15.0. The van der Waals surface area contributed by atoms with Gasteiger partial charge in [-0.05, 0) is 37.6 Å². The van der Waals surface area contributed by atoms with Crippen LogP contribution in [-0.2, 0) is 0 Å². The van der Waals surface area contributed by atoms with E-state index in [9.17, 15) is 0 Å². The second kappa shape index (κ2) is 5.09. The third-order valence-corrected chi connectivity index (χ3v) is 3.49. The molecule has 0 saturated carbocycles. The molecule has 0 unspecified atom stereocenters. The van der Waals surface area contributed by atoms with Gasteiger partial charge in [0.1, 0.15) is 5.69 Å². The summed E-state index contributed by atoms with van der Waals surface area (Å²) in [6.07, 6.45) is 0. The monoisotopic (exact) mass is 283 g/mol. The van der Waals surface area contributed by atoms with Crippen LogP contribution in [0.3, 0.4) is 0 Å². The molecule has 1 N–H and O–H groups in total. The summed E-state index contributed by atoms with van der Waals surface area (Å²) in [5.41, 5.74) is 4.68. The van der Waals surface area contributed by atoms with Gasteiger partial charge in [-0.15, -0.1) is 0 Å². The van der Waals surface area contributed by atoms with Gasteiger partial charge in [0.05, 0.1) is 25.4 Å². The van der Waals surface area contributed by atoms with Crippen LogP contribution in [0.4, 0.5) is 0 Å². The molecular weight excluding hydrogens is 266 g/mol. The maximum atomic E-state index is 5.35. The van der Waals surface area contributed by atoms with Gasteiger partial charge in [0.15, 0.2) is 11.5 Å². The molecule has 2 heterocycles. The van der Waals surface area contributed by atoms with Crippen molar-refractivity contribution in [1.82, 2.24) is 15.2 Å². The van der Waals surface area contributed by atoms with E-state index in [4.69, 9.17) is 9.47 Å². The standard InChI is InChI=1S/C16H17N3O2/c1-9-5-13(14-6-10(2)18-19-14)17-12-8-16(21-4)15(20-3)7-11(9)12/h5-8H,1-4H3,(H,18,19). The Hall–Kier alpha value is -2.56. The highest BCUT2D eigenvalue weighted by Gasteiger charge is 2.12. The summed E-state index contributed by atoms with van der Waals surface area (Å²) in [4.78, 5) is 4.69. The van der Waals surface area contributed by atoms with Crippen LogP contribution in [0.2, 0.25) is 0 Å². The van der Waals surface area contributed by atoms with Gasteiger partial charge in [0.2, 0.25) is 0 Å². The molecule has 1 aromatic carbocycles. The number of aromatic nitrogens is 3. The highest BCUT2D eigenvalue weighted by atomic mass is 16.5. The van der Waals surface area contributed by atoms with E-state index in [0.29, 0.717) is 11.5 Å². The Kier molecular flexibility index (Phi) is 3.25. The maximum Gasteiger partial charge on any atom is 0.162 e. The van der Waals surface area contributed by atoms with Gasteiger partial charge in [-0.3, -0.25) is 5.10 Å². The van der Waals surface area contributed by atoms with Crippen molar-refractivity contribution in [3.63, 3.8) is 0 Å². The highest BCUT2D eigenvalue weighted by Crippen LogP contribution is 2.34. The number of nitrogens with zero attached hydrogens (tertiary/aromatic N) is 2. The first-order chi connectivity index (χ1) is 10.1. The van der Waals surface area contributed by atoms with E-state index in [0.717, 1.165) is 33.5 Å². The van der Waals surface area contributed by atoms with Gasteiger partial charge >= 0.3 is 0 Å². The molecular formula is C16H17N3O2. The summed E-state index contributed by atoms with van der Waals surface area (Å²) < 4.78 is 10.7. The van der Waals surface area contributed by atoms with E-state index in [-0.39, 0.29) is 0 Å². The predicted octanol–water partition coefficient (Wildman–Crippen LogP) is 3.26. The second-order valence-corrected chi connectivity index (χ2v) is 4.98. The quantitative estimate of drug-likeness (QED) is 0.801. The molecule has 2 aromatic heterocycles. The summed E-state index contributed by atoms with van der Waals surface area (Å²) in [5.74, 6) is 1.38. The van der Waals surface area contributed by atoms with Crippen LogP contribution in [0.1, 0.15) is 11.3 Å². The van der Waals surface area contributed by atoms with E-state index >= 15 is 0 Å². The zero-order valence-electron chi connectivity index (χ0n) is 12.5. The van der Waals surface area contributed by atoms with Gasteiger partial charge in [0, 0.05) is 17.1 Å². The fourth-order valence-corrected chi connectivity index (χ4v) is 2.40. The van der Waals surface area contributed by atoms with Crippen LogP contribution >= 0.6 is 0 Å². The van der Waals surface area contributed by atoms with Crippen molar-refractivity contribution in [2.45, 2.75) is 13.8 Å². The predicted molar refractivity (Wildman–Crippen MR) is 81.9 cm³/mol. The third-order valence-electron chi connectivity index (χ3n) is 3.49. The Morgan fingerprint density at radius 1 is 0.905 bits per heavy atom. The normalized spacial score (nSPS) is 10.9. The Morgan fingerprint density at radius 2 is 1.62 bits per heavy atom. The van der Waals surface area contributed by atoms with Crippen LogP contribution in [-0.4, -0.2) is 29.4 Å². The molecule has 0 bridgehead atoms. The molecule has 0 aliphatic heterocycles. The van der Waals surface area contributed by atoms with Gasteiger partial charge in [0.25, 0.3) is 0 Å². The third kappa shape index (κ3) is 2.31. The smallest absolute Gasteiger partial charge is 0.162 e. The molecule has 0 spiro atoms. The molecule has 3 aromatic rings. The van der Waals surface area contributed by atoms with Crippen LogP contribution in [0, 0.1) is 13.8 Å². The zero-order valence-corrected chi connectivity index (χ0v) is 12.5. The van der Waals surface area contributed by atoms with Crippen molar-refractivity contribution in [2.24, 2.45) is 0 Å². The number of hydrogen-bond donors (Lipinski definition) is 1. The fourth-order valence-electron chi connectivity index (χ4n) is 2.40. The topological polar surface area (TPSA) is 60.0 Å². The van der Waals surface area contributed by atoms with Gasteiger partial charge < -0.3 is 9.47 Å². The number of methoxy groups -OCH3 is 2. The summed E-state index contributed by atoms with van der Waals surface area (Å²) in [6, 6.07) is 7.86. The van der Waals surface area contributed by atoms with Crippen LogP contribution in [0.5, 0.6) is 11.5 Å². The molecule has 108 valence electrons. The first-order valence-corrected chi connectivity index (χ1v) is 6.68. The largest absolute Gasteiger partial charge is 0.493 e. The summed E-state index contributed by atoms with van der Waals surface area (Å²) in [6.45, 7) is 4.03. The molecule has 0 radical (unpaired) electrons. The van der Waals surface area contributed by atoms with Crippen LogP contribution in [0.25, 0.3) is 22.3 Å². The minimum Gasteiger partial charge on any atom is -0.493 e. The first kappa shape index (κ1) is 13.4. The number of hydrogen-bond acceptors (Lipinski definition) is 4. The lowest BCUT2D eigenvalue weighted by molar-refractivity contribution is 0.356. The SMILES string of the molecule is COc1cc2nc(-c3cc(C)[nH]n3)cc(C)c2cc1OC. The number of pyridine rings is 1. The lowest BCUT2D eigenvalue weighted by Crippen LogP contribution is -1.94. The van der Waals surface area contributed by atoms with Crippen molar-refractivity contribution < 1.29 is 9.47 Å². The Labute approximate surface area is 122 Å². The van der Waals surface area contributed by atoms with Crippen molar-refractivity contribution in [1.29, 1.82) is 0 Å². The molecule has 0 fully saturated rings. The summed E-state index contributed by atoms with van der Waals surface area (Å²) in [7, 11) is 3.25. The molecule has 0 atom stereocenters. The van der Waals surface area contributed by atoms with Crippen molar-refractivity contribution in [3.05, 3.63) is 35.5 Å². The minimum absolute atomic E-state index is 0.673. The minimum atomic E-state index is 0.673. The molecule has 0 aliphatic rings. The highest BCUT2D eigenvalue weighted by molar-refractivity contribution is 5.87. The number of aromatic amines is 1. The molecule has 3 rings (SSSR count). The molecule has 5 heteroatoms. The second-order valence-electron chi connectivity index (χ2n) is 4.98. The Balaban J connectivity index is 2.23. The molecule has 21 heavy (non-hydrogen) atoms. The Morgan fingerprint density at radius 3 is 2.24 bits per heavy atom. The molecule has 5 nitrogen and oxygen atoms in total. The number of ether oxygens (including phenoxy) is 2. The van der Waals surface area contributed by atoms with E-state index in [1.807, 2.05) is 31.2 Å². The molecule has 0 saturated heterocycles. The number of benzene rings is 1. The molecule has 0 aliphatic carbocycles. The van der Waals surface area contributed by atoms with E-state index in [1.165, 1.54) is 0 Å². The summed E-state index contributed by atoms with van der Waals surface area (Å²) in [5, 5.41) is 8.25. The fraction of sp³-hybridized carbons (Fsp3) is 0.250. The van der Waals surface area contributed by atoms with Gasteiger partial charge in [-0.2, -0.15) is 5.10 Å². The number of H-pyrrole nitrogens is 1. The Bertz CT molecular complexity index is 809. The first-order valence-electron chi connectivity index (χ1n) is 6.68. The number of nitrogens with one attached hydrogen (secondary N) is 1. The van der Waals surface area contributed by atoms with E-state index in [2.05, 4.69) is 22.1 Å². The lowest BCUT2D eigenvalue weighted by atomic mass is 10.1.